The van der Waals surface area contributed by atoms with Crippen LogP contribution < -0.4 is 15.1 Å². The molecule has 1 saturated heterocycles. The Bertz CT molecular complexity index is 1680. The van der Waals surface area contributed by atoms with Crippen molar-refractivity contribution in [2.24, 2.45) is 7.05 Å². The fraction of sp³-hybridized carbons (Fsp3) is 0.357. The van der Waals surface area contributed by atoms with Gasteiger partial charge in [-0.1, -0.05) is 0 Å². The molecule has 2 aromatic heterocycles. The lowest BCUT2D eigenvalue weighted by atomic mass is 10.00. The number of benzene rings is 2. The summed E-state index contributed by atoms with van der Waals surface area (Å²) in [6.07, 6.45) is 1.99. The van der Waals surface area contributed by atoms with Crippen LogP contribution in [0.15, 0.2) is 30.5 Å². The highest BCUT2D eigenvalue weighted by atomic mass is 19.1. The quantitative estimate of drug-likeness (QED) is 0.389. The lowest BCUT2D eigenvalue weighted by Gasteiger charge is -2.28. The molecule has 2 aliphatic heterocycles. The van der Waals surface area contributed by atoms with Crippen molar-refractivity contribution in [3.05, 3.63) is 64.5 Å². The molecule has 3 amide bonds. The molecule has 9 nitrogen and oxygen atoms in total. The highest BCUT2D eigenvalue weighted by Crippen LogP contribution is 2.43. The Morgan fingerprint density at radius 1 is 1.08 bits per heavy atom. The zero-order chi connectivity index (χ0) is 28.0. The van der Waals surface area contributed by atoms with E-state index in [0.717, 1.165) is 10.6 Å². The molecule has 202 valence electrons. The molecule has 0 bridgehead atoms. The van der Waals surface area contributed by atoms with Crippen LogP contribution in [0.1, 0.15) is 49.2 Å². The number of anilines is 2. The van der Waals surface area contributed by atoms with Gasteiger partial charge in [-0.15, -0.1) is 0 Å². The van der Waals surface area contributed by atoms with E-state index in [2.05, 4.69) is 10.4 Å². The molecule has 0 unspecified atom stereocenters. The highest BCUT2D eigenvalue weighted by molar-refractivity contribution is 6.30. The van der Waals surface area contributed by atoms with Crippen LogP contribution in [0.25, 0.3) is 16.6 Å². The molecule has 6 rings (SSSR count). The van der Waals surface area contributed by atoms with Crippen molar-refractivity contribution in [2.45, 2.75) is 52.6 Å². The molecule has 39 heavy (non-hydrogen) atoms. The molecular weight excluding hydrogens is 504 g/mol. The third kappa shape index (κ3) is 3.45. The largest absolute Gasteiger partial charge is 0.338 e. The number of fused-ring (bicyclic) bond motifs is 2. The number of hydrogen-bond donors (Lipinski definition) is 1. The van der Waals surface area contributed by atoms with Crippen molar-refractivity contribution in [1.82, 2.24) is 24.9 Å². The molecule has 4 aromatic rings. The second kappa shape index (κ2) is 8.44. The second-order valence-electron chi connectivity index (χ2n) is 10.8. The molecular formula is C28H29F2N7O2. The first kappa shape index (κ1) is 25.2. The second-order valence-corrected chi connectivity index (χ2v) is 10.8. The molecule has 1 N–H and O–H groups in total. The number of amides is 3. The normalized spacial score (nSPS) is 18.9. The minimum Gasteiger partial charge on any atom is -0.310 e. The third-order valence-electron chi connectivity index (χ3n) is 7.85. The molecule has 0 aliphatic carbocycles. The summed E-state index contributed by atoms with van der Waals surface area (Å²) in [7, 11) is 1.70. The number of aromatic nitrogens is 4. The summed E-state index contributed by atoms with van der Waals surface area (Å²) in [6.45, 7) is 9.14. The smallest absolute Gasteiger partial charge is 0.310 e. The number of aryl methyl sites for hydroxylation is 3. The van der Waals surface area contributed by atoms with Crippen molar-refractivity contribution >= 4 is 34.3 Å². The molecule has 2 aromatic carbocycles. The average Bonchev–Trinajstić information content (AvgIpc) is 3.50. The standard InChI is InChI=1S/C28H29F2N7O2/c1-14-11-17(12-15(2)23(14)29)37-25(22-16(3)31-10-9-19(22)33-37)35-26(38)28(4,5)36(27(35)39)21-8-7-20-18(24(21)30)13-32-34(20)6/h7-8,11-13,16,31H,9-10H2,1-6H3/t16-/m0/s1. The SMILES string of the molecule is Cc1cc(-n2nc3c(c2N2C(=O)N(c4ccc5c(cnn5C)c4F)C(C)(C)C2=O)[C@H](C)NCC3)cc(C)c1F. The highest BCUT2D eigenvalue weighted by Gasteiger charge is 2.55. The Morgan fingerprint density at radius 3 is 2.46 bits per heavy atom. The van der Waals surface area contributed by atoms with Crippen LogP contribution in [-0.4, -0.2) is 43.6 Å². The monoisotopic (exact) mass is 533 g/mol. The first-order chi connectivity index (χ1) is 18.4. The summed E-state index contributed by atoms with van der Waals surface area (Å²) in [5.41, 5.74) is 1.98. The van der Waals surface area contributed by atoms with E-state index < -0.39 is 23.3 Å². The summed E-state index contributed by atoms with van der Waals surface area (Å²) < 4.78 is 33.4. The van der Waals surface area contributed by atoms with Gasteiger partial charge in [-0.05, 0) is 70.0 Å². The van der Waals surface area contributed by atoms with Gasteiger partial charge in [0.1, 0.15) is 11.4 Å². The number of rotatable bonds is 3. The topological polar surface area (TPSA) is 88.3 Å². The van der Waals surface area contributed by atoms with E-state index >= 15 is 4.39 Å². The van der Waals surface area contributed by atoms with Gasteiger partial charge >= 0.3 is 6.03 Å². The number of nitrogens with zero attached hydrogens (tertiary/aromatic N) is 6. The number of urea groups is 1. The predicted octanol–water partition coefficient (Wildman–Crippen LogP) is 4.61. The molecule has 1 atom stereocenters. The maximum Gasteiger partial charge on any atom is 0.338 e. The Kier molecular flexibility index (Phi) is 5.45. The van der Waals surface area contributed by atoms with Gasteiger partial charge in [0, 0.05) is 31.6 Å². The Labute approximate surface area is 224 Å². The number of hydrogen-bond acceptors (Lipinski definition) is 5. The van der Waals surface area contributed by atoms with Gasteiger partial charge in [-0.25, -0.2) is 23.2 Å². The number of imide groups is 1. The van der Waals surface area contributed by atoms with E-state index in [0.29, 0.717) is 40.9 Å². The first-order valence-electron chi connectivity index (χ1n) is 12.8. The summed E-state index contributed by atoms with van der Waals surface area (Å²) in [5.74, 6) is -1.19. The number of halogens is 2. The van der Waals surface area contributed by atoms with Crippen molar-refractivity contribution < 1.29 is 18.4 Å². The Morgan fingerprint density at radius 2 is 1.77 bits per heavy atom. The molecule has 0 radical (unpaired) electrons. The van der Waals surface area contributed by atoms with Gasteiger partial charge in [0.15, 0.2) is 11.6 Å². The predicted molar refractivity (Wildman–Crippen MR) is 143 cm³/mol. The van der Waals surface area contributed by atoms with Crippen LogP contribution in [0.4, 0.5) is 25.1 Å². The van der Waals surface area contributed by atoms with Crippen LogP contribution in [0.3, 0.4) is 0 Å². The summed E-state index contributed by atoms with van der Waals surface area (Å²) in [6, 6.07) is 5.57. The number of nitrogens with one attached hydrogen (secondary N) is 1. The maximum atomic E-state index is 15.8. The molecule has 2 aliphatic rings. The van der Waals surface area contributed by atoms with E-state index in [1.165, 1.54) is 17.2 Å². The molecule has 0 spiro atoms. The van der Waals surface area contributed by atoms with E-state index in [9.17, 15) is 14.0 Å². The van der Waals surface area contributed by atoms with E-state index in [1.807, 2.05) is 6.92 Å². The van der Waals surface area contributed by atoms with Crippen LogP contribution >= 0.6 is 0 Å². The summed E-state index contributed by atoms with van der Waals surface area (Å²) in [5, 5.41) is 12.6. The van der Waals surface area contributed by atoms with Gasteiger partial charge in [-0.3, -0.25) is 14.4 Å². The molecule has 11 heteroatoms. The maximum absolute atomic E-state index is 15.8. The van der Waals surface area contributed by atoms with Crippen LogP contribution in [0, 0.1) is 25.5 Å². The van der Waals surface area contributed by atoms with Gasteiger partial charge in [0.25, 0.3) is 5.91 Å². The molecule has 0 saturated carbocycles. The van der Waals surface area contributed by atoms with Crippen LogP contribution in [0.2, 0.25) is 0 Å². The average molecular weight is 534 g/mol. The molecule has 1 fully saturated rings. The Hall–Kier alpha value is -4.12. The molecule has 4 heterocycles. The fourth-order valence-electron chi connectivity index (χ4n) is 5.78. The first-order valence-corrected chi connectivity index (χ1v) is 12.8. The lowest BCUT2D eigenvalue weighted by molar-refractivity contribution is -0.120. The van der Waals surface area contributed by atoms with Gasteiger partial charge < -0.3 is 5.32 Å². The third-order valence-corrected chi connectivity index (χ3v) is 7.85. The fourth-order valence-corrected chi connectivity index (χ4v) is 5.78. The van der Waals surface area contributed by atoms with Gasteiger partial charge in [0.2, 0.25) is 0 Å². The van der Waals surface area contributed by atoms with Crippen molar-refractivity contribution in [1.29, 1.82) is 0 Å². The number of carbonyl (C=O) groups is 2. The Balaban J connectivity index is 1.57. The number of carbonyl (C=O) groups excluding carboxylic acids is 2. The minimum absolute atomic E-state index is 0.0130. The summed E-state index contributed by atoms with van der Waals surface area (Å²) in [4.78, 5) is 30.6. The van der Waals surface area contributed by atoms with E-state index in [1.54, 1.807) is 62.3 Å². The minimum atomic E-state index is -1.41. The van der Waals surface area contributed by atoms with E-state index in [-0.39, 0.29) is 28.8 Å². The van der Waals surface area contributed by atoms with Gasteiger partial charge in [-0.2, -0.15) is 10.2 Å². The van der Waals surface area contributed by atoms with Crippen LogP contribution in [0.5, 0.6) is 0 Å². The van der Waals surface area contributed by atoms with Crippen molar-refractivity contribution in [3.8, 4) is 5.69 Å². The van der Waals surface area contributed by atoms with E-state index in [4.69, 9.17) is 5.10 Å². The van der Waals surface area contributed by atoms with Crippen molar-refractivity contribution in [3.63, 3.8) is 0 Å². The zero-order valence-corrected chi connectivity index (χ0v) is 22.6. The lowest BCUT2D eigenvalue weighted by Crippen LogP contribution is -2.44. The van der Waals surface area contributed by atoms with Crippen LogP contribution in [-0.2, 0) is 18.3 Å². The van der Waals surface area contributed by atoms with Crippen molar-refractivity contribution in [2.75, 3.05) is 16.3 Å². The van der Waals surface area contributed by atoms with Gasteiger partial charge in [0.05, 0.1) is 34.2 Å². The zero-order valence-electron chi connectivity index (χ0n) is 22.6. The summed E-state index contributed by atoms with van der Waals surface area (Å²) >= 11 is 0.